The van der Waals surface area contributed by atoms with Crippen LogP contribution in [0.4, 0.5) is 5.69 Å². The molecule has 0 unspecified atom stereocenters. The molecule has 1 aromatic rings. The Bertz CT molecular complexity index is 612. The summed E-state index contributed by atoms with van der Waals surface area (Å²) in [5.74, 6) is 0.267. The largest absolute Gasteiger partial charge is 0.493 e. The van der Waals surface area contributed by atoms with E-state index in [0.717, 1.165) is 0 Å². The van der Waals surface area contributed by atoms with Crippen LogP contribution in [0.2, 0.25) is 0 Å². The van der Waals surface area contributed by atoms with E-state index in [1.165, 1.54) is 18.2 Å². The van der Waals surface area contributed by atoms with Gasteiger partial charge in [-0.3, -0.25) is 10.1 Å². The fourth-order valence-corrected chi connectivity index (χ4v) is 3.59. The number of halogens is 1. The molecule has 0 saturated carbocycles. The molecule has 0 heterocycles. The van der Waals surface area contributed by atoms with Crippen LogP contribution in [0.1, 0.15) is 19.4 Å². The number of hydrogen-bond acceptors (Lipinski definition) is 5. The van der Waals surface area contributed by atoms with E-state index in [9.17, 15) is 18.5 Å². The lowest BCUT2D eigenvalue weighted by molar-refractivity contribution is -0.384. The van der Waals surface area contributed by atoms with Crippen molar-refractivity contribution in [1.82, 2.24) is 0 Å². The van der Waals surface area contributed by atoms with Crippen molar-refractivity contribution in [1.29, 1.82) is 0 Å². The lowest BCUT2D eigenvalue weighted by Gasteiger charge is -2.23. The fraction of sp³-hybridized carbons (Fsp3) is 0.500. The fourth-order valence-electron chi connectivity index (χ4n) is 1.69. The summed E-state index contributed by atoms with van der Waals surface area (Å²) in [6, 6.07) is 4.24. The van der Waals surface area contributed by atoms with Gasteiger partial charge in [0, 0.05) is 28.2 Å². The molecule has 6 nitrogen and oxygen atoms in total. The zero-order chi connectivity index (χ0) is 15.6. The molecule has 0 aliphatic rings. The number of hydrogen-bond donors (Lipinski definition) is 0. The van der Waals surface area contributed by atoms with E-state index in [1.54, 1.807) is 20.8 Å². The molecule has 8 heteroatoms. The molecule has 0 atom stereocenters. The highest BCUT2D eigenvalue weighted by atomic mass is 35.7. The van der Waals surface area contributed by atoms with Crippen molar-refractivity contribution < 1.29 is 18.1 Å². The predicted molar refractivity (Wildman–Crippen MR) is 76.7 cm³/mol. The first-order chi connectivity index (χ1) is 9.00. The topological polar surface area (TPSA) is 86.5 Å². The van der Waals surface area contributed by atoms with Gasteiger partial charge >= 0.3 is 0 Å². The molecular weight excluding hydrogens is 306 g/mol. The Morgan fingerprint density at radius 1 is 1.40 bits per heavy atom. The van der Waals surface area contributed by atoms with Crippen molar-refractivity contribution in [3.8, 4) is 5.75 Å². The van der Waals surface area contributed by atoms with Gasteiger partial charge in [0.05, 0.1) is 17.3 Å². The molecule has 0 aliphatic carbocycles. The number of benzene rings is 1. The summed E-state index contributed by atoms with van der Waals surface area (Å²) in [6.07, 6.45) is 0. The minimum absolute atomic E-state index is 0.0163. The van der Waals surface area contributed by atoms with Crippen LogP contribution in [0, 0.1) is 22.5 Å². The molecular formula is C12H16ClNO5S. The van der Waals surface area contributed by atoms with Crippen molar-refractivity contribution in [3.63, 3.8) is 0 Å². The van der Waals surface area contributed by atoms with Gasteiger partial charge in [-0.2, -0.15) is 0 Å². The van der Waals surface area contributed by atoms with Gasteiger partial charge in [0.25, 0.3) is 5.69 Å². The number of nitrogens with zero attached hydrogens (tertiary/aromatic N) is 1. The third-order valence-electron chi connectivity index (χ3n) is 2.55. The number of nitro benzene ring substituents is 1. The second-order valence-corrected chi connectivity index (χ2v) is 8.12. The van der Waals surface area contributed by atoms with Crippen LogP contribution in [0.5, 0.6) is 5.75 Å². The minimum atomic E-state index is -3.61. The Labute approximate surface area is 122 Å². The molecule has 0 bridgehead atoms. The van der Waals surface area contributed by atoms with Crippen molar-refractivity contribution in [2.45, 2.75) is 20.8 Å². The zero-order valence-electron chi connectivity index (χ0n) is 11.4. The van der Waals surface area contributed by atoms with Gasteiger partial charge in [-0.15, -0.1) is 0 Å². The Morgan fingerprint density at radius 2 is 2.00 bits per heavy atom. The summed E-state index contributed by atoms with van der Waals surface area (Å²) in [5.41, 5.74) is -0.0596. The van der Waals surface area contributed by atoms with Gasteiger partial charge < -0.3 is 4.74 Å². The first kappa shape index (κ1) is 16.7. The molecule has 0 aromatic heterocycles. The first-order valence-corrected chi connectivity index (χ1v) is 8.28. The van der Waals surface area contributed by atoms with Gasteiger partial charge in [0.15, 0.2) is 0 Å². The molecule has 0 N–H and O–H groups in total. The second-order valence-electron chi connectivity index (χ2n) is 5.34. The first-order valence-electron chi connectivity index (χ1n) is 5.80. The Kier molecular flexibility index (Phi) is 4.99. The zero-order valence-corrected chi connectivity index (χ0v) is 13.0. The van der Waals surface area contributed by atoms with Crippen LogP contribution in [0.25, 0.3) is 0 Å². The van der Waals surface area contributed by atoms with Crippen molar-refractivity contribution in [3.05, 3.63) is 33.9 Å². The highest BCUT2D eigenvalue weighted by Gasteiger charge is 2.26. The van der Waals surface area contributed by atoms with E-state index < -0.39 is 19.4 Å². The molecule has 0 spiro atoms. The van der Waals surface area contributed by atoms with Crippen LogP contribution in [0.15, 0.2) is 18.2 Å². The number of aryl methyl sites for hydroxylation is 1. The van der Waals surface area contributed by atoms with Crippen LogP contribution < -0.4 is 4.74 Å². The van der Waals surface area contributed by atoms with Crippen LogP contribution in [-0.4, -0.2) is 25.7 Å². The second kappa shape index (κ2) is 5.97. The number of nitro groups is 1. The highest BCUT2D eigenvalue weighted by Crippen LogP contribution is 2.26. The smallest absolute Gasteiger partial charge is 0.269 e. The third kappa shape index (κ3) is 5.34. The summed E-state index contributed by atoms with van der Waals surface area (Å²) < 4.78 is 27.7. The molecule has 1 rings (SSSR count). The highest BCUT2D eigenvalue weighted by molar-refractivity contribution is 8.13. The van der Waals surface area contributed by atoms with Gasteiger partial charge in [-0.05, 0) is 18.6 Å². The van der Waals surface area contributed by atoms with Crippen LogP contribution in [0.3, 0.4) is 0 Å². The van der Waals surface area contributed by atoms with Gasteiger partial charge in [-0.25, -0.2) is 8.42 Å². The minimum Gasteiger partial charge on any atom is -0.493 e. The van der Waals surface area contributed by atoms with E-state index in [0.29, 0.717) is 11.3 Å². The van der Waals surface area contributed by atoms with E-state index >= 15 is 0 Å². The standard InChI is InChI=1S/C12H16ClNO5S/c1-9-6-10(14(15)16)4-5-11(9)19-7-12(2,3)8-20(13,17)18/h4-6H,7-8H2,1-3H3. The SMILES string of the molecule is Cc1cc([N+](=O)[O-])ccc1OCC(C)(C)CS(=O)(=O)Cl. The Hall–Kier alpha value is -1.34. The summed E-state index contributed by atoms with van der Waals surface area (Å²) in [5, 5.41) is 10.6. The molecule has 0 saturated heterocycles. The summed E-state index contributed by atoms with van der Waals surface area (Å²) in [6.45, 7) is 5.26. The van der Waals surface area contributed by atoms with E-state index in [4.69, 9.17) is 15.4 Å². The van der Waals surface area contributed by atoms with Crippen LogP contribution in [-0.2, 0) is 9.05 Å². The van der Waals surface area contributed by atoms with Crippen LogP contribution >= 0.6 is 10.7 Å². The third-order valence-corrected chi connectivity index (χ3v) is 4.00. The average Bonchev–Trinajstić information content (AvgIpc) is 2.23. The Morgan fingerprint density at radius 3 is 2.45 bits per heavy atom. The quantitative estimate of drug-likeness (QED) is 0.457. The molecule has 112 valence electrons. The number of rotatable bonds is 6. The molecule has 20 heavy (non-hydrogen) atoms. The lowest BCUT2D eigenvalue weighted by Crippen LogP contribution is -2.28. The molecule has 0 amide bonds. The van der Waals surface area contributed by atoms with E-state index in [2.05, 4.69) is 0 Å². The maximum atomic E-state index is 11.1. The van der Waals surface area contributed by atoms with Crippen molar-refractivity contribution >= 4 is 25.4 Å². The van der Waals surface area contributed by atoms with Gasteiger partial charge in [0.2, 0.25) is 9.05 Å². The maximum Gasteiger partial charge on any atom is 0.269 e. The van der Waals surface area contributed by atoms with E-state index in [-0.39, 0.29) is 18.0 Å². The van der Waals surface area contributed by atoms with Crippen molar-refractivity contribution in [2.75, 3.05) is 12.4 Å². The summed E-state index contributed by atoms with van der Waals surface area (Å²) in [7, 11) is 1.62. The monoisotopic (exact) mass is 321 g/mol. The van der Waals surface area contributed by atoms with Crippen molar-refractivity contribution in [2.24, 2.45) is 5.41 Å². The molecule has 0 fully saturated rings. The summed E-state index contributed by atoms with van der Waals surface area (Å²) >= 11 is 0. The normalized spacial score (nSPS) is 12.2. The molecule has 0 aliphatic heterocycles. The lowest BCUT2D eigenvalue weighted by atomic mass is 9.98. The maximum absolute atomic E-state index is 11.1. The molecule has 1 aromatic carbocycles. The average molecular weight is 322 g/mol. The number of non-ortho nitro benzene ring substituents is 1. The predicted octanol–water partition coefficient (Wildman–Crippen LogP) is 2.88. The summed E-state index contributed by atoms with van der Waals surface area (Å²) in [4.78, 5) is 10.1. The van der Waals surface area contributed by atoms with Gasteiger partial charge in [0.1, 0.15) is 5.75 Å². The molecule has 0 radical (unpaired) electrons. The Balaban J connectivity index is 2.78. The van der Waals surface area contributed by atoms with Gasteiger partial charge in [-0.1, -0.05) is 13.8 Å². The van der Waals surface area contributed by atoms with E-state index in [1.807, 2.05) is 0 Å². The number of ether oxygens (including phenoxy) is 1.